The highest BCUT2D eigenvalue weighted by molar-refractivity contribution is 5.98. The fraction of sp³-hybridized carbons (Fsp3) is 0.846. The van der Waals surface area contributed by atoms with Gasteiger partial charge >= 0.3 is 11.9 Å². The molecule has 0 aliphatic heterocycles. The summed E-state index contributed by atoms with van der Waals surface area (Å²) in [5, 5.41) is 18.5. The highest BCUT2D eigenvalue weighted by atomic mass is 16.4. The lowest BCUT2D eigenvalue weighted by atomic mass is 9.76. The molecule has 0 aliphatic rings. The minimum atomic E-state index is -1.60. The van der Waals surface area contributed by atoms with Gasteiger partial charge in [-0.05, 0) is 37.5 Å². The Morgan fingerprint density at radius 2 is 1.18 bits per heavy atom. The van der Waals surface area contributed by atoms with Crippen LogP contribution in [0.25, 0.3) is 0 Å². The van der Waals surface area contributed by atoms with Crippen LogP contribution in [0.1, 0.15) is 53.4 Å². The van der Waals surface area contributed by atoms with E-state index in [1.807, 2.05) is 27.7 Å². The predicted octanol–water partition coefficient (Wildman–Crippen LogP) is 3.01. The van der Waals surface area contributed by atoms with Crippen molar-refractivity contribution in [2.45, 2.75) is 53.4 Å². The third-order valence-corrected chi connectivity index (χ3v) is 3.12. The summed E-state index contributed by atoms with van der Waals surface area (Å²) >= 11 is 0. The average molecular weight is 244 g/mol. The molecule has 0 heterocycles. The number of hydrogen-bond acceptors (Lipinski definition) is 2. The third-order valence-electron chi connectivity index (χ3n) is 3.12. The van der Waals surface area contributed by atoms with E-state index in [-0.39, 0.29) is 12.8 Å². The fourth-order valence-electron chi connectivity index (χ4n) is 1.71. The molecule has 0 atom stereocenters. The minimum Gasteiger partial charge on any atom is -0.480 e. The summed E-state index contributed by atoms with van der Waals surface area (Å²) in [5.41, 5.74) is -1.60. The molecule has 0 fully saturated rings. The molecule has 2 N–H and O–H groups in total. The molecule has 0 unspecified atom stereocenters. The maximum atomic E-state index is 11.3. The second-order valence-corrected chi connectivity index (χ2v) is 5.56. The molecule has 4 heteroatoms. The molecule has 0 spiro atoms. The van der Waals surface area contributed by atoms with Crippen LogP contribution in [0.15, 0.2) is 0 Å². The van der Waals surface area contributed by atoms with E-state index in [0.29, 0.717) is 24.7 Å². The van der Waals surface area contributed by atoms with Gasteiger partial charge in [0.2, 0.25) is 0 Å². The second kappa shape index (κ2) is 6.62. The van der Waals surface area contributed by atoms with Crippen molar-refractivity contribution in [3.8, 4) is 0 Å². The van der Waals surface area contributed by atoms with Crippen molar-refractivity contribution in [3.05, 3.63) is 0 Å². The molecule has 0 radical (unpaired) electrons. The van der Waals surface area contributed by atoms with Crippen LogP contribution >= 0.6 is 0 Å². The smallest absolute Gasteiger partial charge is 0.321 e. The Bertz CT molecular complexity index is 241. The summed E-state index contributed by atoms with van der Waals surface area (Å²) in [5.74, 6) is -1.78. The molecule has 0 aromatic rings. The molecule has 0 aromatic heterocycles. The zero-order valence-corrected chi connectivity index (χ0v) is 11.2. The molecule has 0 aliphatic carbocycles. The van der Waals surface area contributed by atoms with Crippen molar-refractivity contribution in [1.29, 1.82) is 0 Å². The first-order valence-electron chi connectivity index (χ1n) is 6.19. The largest absolute Gasteiger partial charge is 0.480 e. The third kappa shape index (κ3) is 4.75. The molecule has 0 aromatic carbocycles. The number of carbonyl (C=O) groups is 2. The molecule has 100 valence electrons. The Kier molecular flexibility index (Phi) is 6.21. The van der Waals surface area contributed by atoms with Gasteiger partial charge in [0.1, 0.15) is 0 Å². The van der Waals surface area contributed by atoms with Crippen molar-refractivity contribution in [1.82, 2.24) is 0 Å². The van der Waals surface area contributed by atoms with E-state index in [9.17, 15) is 19.8 Å². The quantitative estimate of drug-likeness (QED) is 0.644. The number of carboxylic acids is 2. The zero-order chi connectivity index (χ0) is 13.6. The zero-order valence-electron chi connectivity index (χ0n) is 11.2. The van der Waals surface area contributed by atoms with Crippen molar-refractivity contribution >= 4 is 11.9 Å². The van der Waals surface area contributed by atoms with Crippen LogP contribution in [0.2, 0.25) is 0 Å². The maximum Gasteiger partial charge on any atom is 0.321 e. The van der Waals surface area contributed by atoms with Crippen LogP contribution in [-0.2, 0) is 9.59 Å². The first kappa shape index (κ1) is 15.9. The van der Waals surface area contributed by atoms with Gasteiger partial charge in [-0.15, -0.1) is 0 Å². The van der Waals surface area contributed by atoms with E-state index in [4.69, 9.17) is 0 Å². The Hall–Kier alpha value is -1.06. The SMILES string of the molecule is CC(C)CCC(CCC(C)C)(C(=O)O)C(=O)O. The van der Waals surface area contributed by atoms with E-state index in [1.54, 1.807) is 0 Å². The standard InChI is InChI=1S/C13H24O4/c1-9(2)5-7-13(11(14)15,12(16)17)8-6-10(3)4/h9-10H,5-8H2,1-4H3,(H,14,15)(H,16,17). The lowest BCUT2D eigenvalue weighted by molar-refractivity contribution is -0.166. The molecule has 4 nitrogen and oxygen atoms in total. The molecule has 0 rings (SSSR count). The number of hydrogen-bond donors (Lipinski definition) is 2. The summed E-state index contributed by atoms with van der Waals surface area (Å²) < 4.78 is 0. The number of aliphatic carboxylic acids is 2. The molecular formula is C13H24O4. The molecule has 0 saturated carbocycles. The topological polar surface area (TPSA) is 74.6 Å². The highest BCUT2D eigenvalue weighted by Gasteiger charge is 2.45. The van der Waals surface area contributed by atoms with Crippen molar-refractivity contribution in [2.24, 2.45) is 17.3 Å². The van der Waals surface area contributed by atoms with Gasteiger partial charge in [0, 0.05) is 0 Å². The van der Waals surface area contributed by atoms with Gasteiger partial charge < -0.3 is 10.2 Å². The van der Waals surface area contributed by atoms with E-state index in [0.717, 1.165) is 0 Å². The second-order valence-electron chi connectivity index (χ2n) is 5.56. The summed E-state index contributed by atoms with van der Waals surface area (Å²) in [6.07, 6.45) is 1.66. The van der Waals surface area contributed by atoms with Crippen LogP contribution in [0.5, 0.6) is 0 Å². The average Bonchev–Trinajstić information content (AvgIpc) is 2.16. The number of carboxylic acid groups (broad SMARTS) is 2. The molecule has 0 amide bonds. The first-order valence-corrected chi connectivity index (χ1v) is 6.19. The monoisotopic (exact) mass is 244 g/mol. The molecular weight excluding hydrogens is 220 g/mol. The predicted molar refractivity (Wildman–Crippen MR) is 65.8 cm³/mol. The Morgan fingerprint density at radius 3 is 1.35 bits per heavy atom. The Labute approximate surface area is 103 Å². The van der Waals surface area contributed by atoms with Gasteiger partial charge in [0.15, 0.2) is 5.41 Å². The summed E-state index contributed by atoms with van der Waals surface area (Å²) in [6, 6.07) is 0. The van der Waals surface area contributed by atoms with Crippen molar-refractivity contribution in [2.75, 3.05) is 0 Å². The molecule has 0 saturated heterocycles. The van der Waals surface area contributed by atoms with Crippen molar-refractivity contribution in [3.63, 3.8) is 0 Å². The van der Waals surface area contributed by atoms with E-state index >= 15 is 0 Å². The van der Waals surface area contributed by atoms with Crippen LogP contribution in [-0.4, -0.2) is 22.2 Å². The van der Waals surface area contributed by atoms with Gasteiger partial charge in [-0.2, -0.15) is 0 Å². The van der Waals surface area contributed by atoms with E-state index in [2.05, 4.69) is 0 Å². The Morgan fingerprint density at radius 1 is 0.882 bits per heavy atom. The molecule has 0 bridgehead atoms. The summed E-state index contributed by atoms with van der Waals surface area (Å²) in [7, 11) is 0. The van der Waals surface area contributed by atoms with Crippen LogP contribution in [0, 0.1) is 17.3 Å². The normalized spacial score (nSPS) is 12.1. The van der Waals surface area contributed by atoms with Gasteiger partial charge in [0.25, 0.3) is 0 Å². The van der Waals surface area contributed by atoms with Crippen LogP contribution in [0.4, 0.5) is 0 Å². The number of rotatable bonds is 8. The molecule has 17 heavy (non-hydrogen) atoms. The lowest BCUT2D eigenvalue weighted by Gasteiger charge is -2.26. The minimum absolute atomic E-state index is 0.210. The van der Waals surface area contributed by atoms with E-state index < -0.39 is 17.4 Å². The van der Waals surface area contributed by atoms with Gasteiger partial charge in [-0.3, -0.25) is 9.59 Å². The lowest BCUT2D eigenvalue weighted by Crippen LogP contribution is -2.40. The van der Waals surface area contributed by atoms with Crippen LogP contribution in [0.3, 0.4) is 0 Å². The van der Waals surface area contributed by atoms with Gasteiger partial charge in [-0.1, -0.05) is 27.7 Å². The first-order chi connectivity index (χ1) is 7.72. The Balaban J connectivity index is 4.87. The van der Waals surface area contributed by atoms with Gasteiger partial charge in [-0.25, -0.2) is 0 Å². The van der Waals surface area contributed by atoms with Crippen molar-refractivity contribution < 1.29 is 19.8 Å². The van der Waals surface area contributed by atoms with E-state index in [1.165, 1.54) is 0 Å². The highest BCUT2D eigenvalue weighted by Crippen LogP contribution is 2.33. The maximum absolute atomic E-state index is 11.3. The summed E-state index contributed by atoms with van der Waals surface area (Å²) in [6.45, 7) is 7.88. The fourth-order valence-corrected chi connectivity index (χ4v) is 1.71. The summed E-state index contributed by atoms with van der Waals surface area (Å²) in [4.78, 5) is 22.6. The van der Waals surface area contributed by atoms with Crippen LogP contribution < -0.4 is 0 Å². The van der Waals surface area contributed by atoms with Gasteiger partial charge in [0.05, 0.1) is 0 Å².